The lowest BCUT2D eigenvalue weighted by Crippen LogP contribution is -2.39. The fraction of sp³-hybridized carbons (Fsp3) is 0.312. The van der Waals surface area contributed by atoms with Crippen LogP contribution in [0.25, 0.3) is 5.57 Å². The first-order chi connectivity index (χ1) is 9.29. The fourth-order valence-electron chi connectivity index (χ4n) is 2.18. The van der Waals surface area contributed by atoms with Crippen LogP contribution >= 0.6 is 0 Å². The molecule has 0 fully saturated rings. The second kappa shape index (κ2) is 6.77. The van der Waals surface area contributed by atoms with Gasteiger partial charge in [-0.15, -0.1) is 6.42 Å². The molecule has 1 aromatic rings. The molecule has 0 aliphatic carbocycles. The predicted molar refractivity (Wildman–Crippen MR) is 77.3 cm³/mol. The largest absolute Gasteiger partial charge is 0.344 e. The van der Waals surface area contributed by atoms with E-state index < -0.39 is 0 Å². The van der Waals surface area contributed by atoms with Gasteiger partial charge in [-0.05, 0) is 17.6 Å². The van der Waals surface area contributed by atoms with Crippen LogP contribution in [0.5, 0.6) is 0 Å². The Kier molecular flexibility index (Phi) is 4.77. The molecule has 1 heterocycles. The maximum absolute atomic E-state index is 11.6. The topological polar surface area (TPSA) is 32.3 Å². The minimum absolute atomic E-state index is 0.00508. The lowest BCUT2D eigenvalue weighted by atomic mass is 10.00. The molecule has 1 N–H and O–H groups in total. The van der Waals surface area contributed by atoms with E-state index in [1.54, 1.807) is 0 Å². The normalized spacial score (nSPS) is 15.4. The third-order valence-corrected chi connectivity index (χ3v) is 3.19. The monoisotopic (exact) mass is 254 g/mol. The van der Waals surface area contributed by atoms with Crippen LogP contribution in [0.4, 0.5) is 0 Å². The molecular weight excluding hydrogens is 236 g/mol. The molecule has 0 radical (unpaired) electrons. The molecule has 0 saturated carbocycles. The Balaban J connectivity index is 1.86. The van der Waals surface area contributed by atoms with Gasteiger partial charge in [0, 0.05) is 13.1 Å². The number of benzene rings is 1. The minimum atomic E-state index is -0.00508. The summed E-state index contributed by atoms with van der Waals surface area (Å²) in [6.45, 7) is 2.44. The molecule has 1 amide bonds. The summed E-state index contributed by atoms with van der Waals surface area (Å²) in [7, 11) is 0. The summed E-state index contributed by atoms with van der Waals surface area (Å²) in [5.74, 6) is 2.40. The number of hydrogen-bond donors (Lipinski definition) is 1. The quantitative estimate of drug-likeness (QED) is 0.826. The molecule has 0 atom stereocenters. The Morgan fingerprint density at radius 1 is 1.37 bits per heavy atom. The van der Waals surface area contributed by atoms with E-state index in [-0.39, 0.29) is 5.91 Å². The number of carbonyl (C=O) groups excluding carboxylic acids is 1. The SMILES string of the molecule is C#CCNC(=O)CN1CC=C(c2ccccc2)CC1. The van der Waals surface area contributed by atoms with Gasteiger partial charge in [-0.2, -0.15) is 0 Å². The third-order valence-electron chi connectivity index (χ3n) is 3.19. The first kappa shape index (κ1) is 13.4. The van der Waals surface area contributed by atoms with Crippen molar-refractivity contribution in [3.63, 3.8) is 0 Å². The zero-order valence-electron chi connectivity index (χ0n) is 10.9. The number of nitrogens with one attached hydrogen (secondary N) is 1. The molecule has 1 aliphatic rings. The van der Waals surface area contributed by atoms with Crippen LogP contribution in [0.1, 0.15) is 12.0 Å². The van der Waals surface area contributed by atoms with Gasteiger partial charge in [0.25, 0.3) is 0 Å². The van der Waals surface area contributed by atoms with Crippen LogP contribution in [0, 0.1) is 12.3 Å². The highest BCUT2D eigenvalue weighted by Gasteiger charge is 2.15. The predicted octanol–water partition coefficient (Wildman–Crippen LogP) is 1.53. The molecule has 19 heavy (non-hydrogen) atoms. The van der Waals surface area contributed by atoms with Gasteiger partial charge in [-0.3, -0.25) is 9.69 Å². The molecule has 0 bridgehead atoms. The molecule has 3 nitrogen and oxygen atoms in total. The van der Waals surface area contributed by atoms with E-state index >= 15 is 0 Å². The molecule has 3 heteroatoms. The maximum Gasteiger partial charge on any atom is 0.234 e. The van der Waals surface area contributed by atoms with Crippen LogP contribution in [0.15, 0.2) is 36.4 Å². The zero-order chi connectivity index (χ0) is 13.5. The van der Waals surface area contributed by atoms with Gasteiger partial charge < -0.3 is 5.32 Å². The van der Waals surface area contributed by atoms with Crippen molar-refractivity contribution in [1.29, 1.82) is 0 Å². The van der Waals surface area contributed by atoms with E-state index in [0.717, 1.165) is 19.5 Å². The van der Waals surface area contributed by atoms with Gasteiger partial charge in [0.15, 0.2) is 0 Å². The maximum atomic E-state index is 11.6. The van der Waals surface area contributed by atoms with E-state index in [1.807, 2.05) is 6.07 Å². The van der Waals surface area contributed by atoms with Gasteiger partial charge in [0.2, 0.25) is 5.91 Å². The van der Waals surface area contributed by atoms with Crippen LogP contribution in [-0.2, 0) is 4.79 Å². The summed E-state index contributed by atoms with van der Waals surface area (Å²) in [6, 6.07) is 10.4. The minimum Gasteiger partial charge on any atom is -0.344 e. The van der Waals surface area contributed by atoms with E-state index in [0.29, 0.717) is 13.1 Å². The van der Waals surface area contributed by atoms with Gasteiger partial charge in [-0.1, -0.05) is 42.3 Å². The van der Waals surface area contributed by atoms with Crippen molar-refractivity contribution in [3.05, 3.63) is 42.0 Å². The Bertz CT molecular complexity index is 499. The number of rotatable bonds is 4. The van der Waals surface area contributed by atoms with Crippen LogP contribution in [0.2, 0.25) is 0 Å². The first-order valence-electron chi connectivity index (χ1n) is 6.46. The third kappa shape index (κ3) is 3.97. The second-order valence-electron chi connectivity index (χ2n) is 4.56. The molecule has 0 aromatic heterocycles. The summed E-state index contributed by atoms with van der Waals surface area (Å²) in [4.78, 5) is 13.7. The Hall–Kier alpha value is -2.05. The summed E-state index contributed by atoms with van der Waals surface area (Å²) in [5.41, 5.74) is 2.64. The summed E-state index contributed by atoms with van der Waals surface area (Å²) < 4.78 is 0. The van der Waals surface area contributed by atoms with Crippen molar-refractivity contribution < 1.29 is 4.79 Å². The smallest absolute Gasteiger partial charge is 0.234 e. The first-order valence-corrected chi connectivity index (χ1v) is 6.46. The van der Waals surface area contributed by atoms with E-state index in [1.165, 1.54) is 11.1 Å². The highest BCUT2D eigenvalue weighted by atomic mass is 16.2. The molecule has 0 unspecified atom stereocenters. The van der Waals surface area contributed by atoms with Crippen molar-refractivity contribution in [1.82, 2.24) is 10.2 Å². The van der Waals surface area contributed by atoms with Crippen molar-refractivity contribution in [2.75, 3.05) is 26.2 Å². The number of terminal acetylenes is 1. The Morgan fingerprint density at radius 2 is 2.16 bits per heavy atom. The lowest BCUT2D eigenvalue weighted by molar-refractivity contribution is -0.121. The molecule has 1 aliphatic heterocycles. The van der Waals surface area contributed by atoms with E-state index in [9.17, 15) is 4.79 Å². The zero-order valence-corrected chi connectivity index (χ0v) is 10.9. The van der Waals surface area contributed by atoms with Crippen molar-refractivity contribution in [2.24, 2.45) is 0 Å². The second-order valence-corrected chi connectivity index (χ2v) is 4.56. The highest BCUT2D eigenvalue weighted by molar-refractivity contribution is 5.78. The van der Waals surface area contributed by atoms with Gasteiger partial charge >= 0.3 is 0 Å². The molecule has 98 valence electrons. The van der Waals surface area contributed by atoms with Crippen molar-refractivity contribution in [3.8, 4) is 12.3 Å². The molecule has 1 aromatic carbocycles. The van der Waals surface area contributed by atoms with Gasteiger partial charge in [0.1, 0.15) is 0 Å². The summed E-state index contributed by atoms with van der Waals surface area (Å²) in [6.07, 6.45) is 8.29. The van der Waals surface area contributed by atoms with Crippen molar-refractivity contribution in [2.45, 2.75) is 6.42 Å². The fourth-order valence-corrected chi connectivity index (χ4v) is 2.18. The number of amides is 1. The van der Waals surface area contributed by atoms with E-state index in [2.05, 4.69) is 46.5 Å². The Labute approximate surface area is 114 Å². The summed E-state index contributed by atoms with van der Waals surface area (Å²) in [5, 5.41) is 2.69. The van der Waals surface area contributed by atoms with Crippen LogP contribution in [0.3, 0.4) is 0 Å². The molecule has 0 spiro atoms. The average Bonchev–Trinajstić information content (AvgIpc) is 2.47. The van der Waals surface area contributed by atoms with Crippen LogP contribution < -0.4 is 5.32 Å². The Morgan fingerprint density at radius 3 is 2.79 bits per heavy atom. The number of carbonyl (C=O) groups is 1. The summed E-state index contributed by atoms with van der Waals surface area (Å²) >= 11 is 0. The lowest BCUT2D eigenvalue weighted by Gasteiger charge is -2.25. The van der Waals surface area contributed by atoms with E-state index in [4.69, 9.17) is 6.42 Å². The van der Waals surface area contributed by atoms with Crippen LogP contribution in [-0.4, -0.2) is 37.0 Å². The average molecular weight is 254 g/mol. The standard InChI is InChI=1S/C16H18N2O/c1-2-10-17-16(19)13-18-11-8-15(9-12-18)14-6-4-3-5-7-14/h1,3-8H,9-13H2,(H,17,19). The number of nitrogens with zero attached hydrogens (tertiary/aromatic N) is 1. The molecular formula is C16H18N2O. The van der Waals surface area contributed by atoms with Crippen molar-refractivity contribution >= 4 is 11.5 Å². The van der Waals surface area contributed by atoms with Gasteiger partial charge in [0.05, 0.1) is 13.1 Å². The molecule has 2 rings (SSSR count). The molecule has 0 saturated heterocycles. The van der Waals surface area contributed by atoms with Gasteiger partial charge in [-0.25, -0.2) is 0 Å². The highest BCUT2D eigenvalue weighted by Crippen LogP contribution is 2.21. The number of hydrogen-bond acceptors (Lipinski definition) is 2.